The summed E-state index contributed by atoms with van der Waals surface area (Å²) in [6, 6.07) is 9.56. The number of esters is 1. The van der Waals surface area contributed by atoms with Crippen LogP contribution in [0, 0.1) is 17.3 Å². The fraction of sp³-hybridized carbons (Fsp3) is 0.400. The molecule has 0 spiro atoms. The highest BCUT2D eigenvalue weighted by Crippen LogP contribution is 2.60. The van der Waals surface area contributed by atoms with Crippen LogP contribution >= 0.6 is 0 Å². The first-order chi connectivity index (χ1) is 12.1. The molecular weight excluding hydrogens is 320 g/mol. The normalized spacial score (nSPS) is 38.5. The molecular formula is C20H20O5. The van der Waals surface area contributed by atoms with Gasteiger partial charge >= 0.3 is 5.97 Å². The van der Waals surface area contributed by atoms with E-state index in [1.807, 2.05) is 42.5 Å². The van der Waals surface area contributed by atoms with Crippen molar-refractivity contribution in [3.63, 3.8) is 0 Å². The summed E-state index contributed by atoms with van der Waals surface area (Å²) in [5.74, 6) is -2.88. The maximum atomic E-state index is 13.2. The van der Waals surface area contributed by atoms with Crippen LogP contribution in [0.3, 0.4) is 0 Å². The Labute approximate surface area is 146 Å². The van der Waals surface area contributed by atoms with Crippen LogP contribution in [0.4, 0.5) is 0 Å². The Morgan fingerprint density at radius 3 is 2.64 bits per heavy atom. The monoisotopic (exact) mass is 340 g/mol. The van der Waals surface area contributed by atoms with Crippen molar-refractivity contribution < 1.29 is 23.8 Å². The van der Waals surface area contributed by atoms with E-state index in [1.54, 1.807) is 13.2 Å². The standard InChI is InChI=1S/C20H20O5/c1-23-18(22)20-15(13-6-4-3-5-7-13)9-8-14-12-25-19(24-2,17(14)20)11-10-16(20)21/h3-11,14-15,17H,12H2,1-2H3/t14-,15+,17+,19+,20+/m0/s1. The van der Waals surface area contributed by atoms with Gasteiger partial charge in [-0.3, -0.25) is 9.59 Å². The van der Waals surface area contributed by atoms with Gasteiger partial charge in [0.2, 0.25) is 0 Å². The van der Waals surface area contributed by atoms with Crippen molar-refractivity contribution in [3.05, 3.63) is 60.2 Å². The SMILES string of the molecule is COC(=O)[C@@]12C(=O)C=C[C@@]3(OC)OC[C@H](C=C[C@@H]1c1ccccc1)[C@H]32. The van der Waals surface area contributed by atoms with Crippen LogP contribution in [0.15, 0.2) is 54.6 Å². The second-order valence-electron chi connectivity index (χ2n) is 6.71. The minimum atomic E-state index is -1.39. The molecule has 25 heavy (non-hydrogen) atoms. The van der Waals surface area contributed by atoms with Crippen LogP contribution in [-0.2, 0) is 23.8 Å². The molecule has 0 aromatic heterocycles. The number of rotatable bonds is 3. The maximum absolute atomic E-state index is 13.2. The predicted octanol–water partition coefficient (Wildman–Crippen LogP) is 2.24. The highest BCUT2D eigenvalue weighted by Gasteiger charge is 2.70. The molecule has 1 heterocycles. The van der Waals surface area contributed by atoms with Gasteiger partial charge in [0.25, 0.3) is 0 Å². The molecule has 1 aromatic carbocycles. The van der Waals surface area contributed by atoms with Crippen molar-refractivity contribution in [1.29, 1.82) is 0 Å². The third kappa shape index (κ3) is 1.96. The van der Waals surface area contributed by atoms with Crippen LogP contribution in [0.1, 0.15) is 11.5 Å². The van der Waals surface area contributed by atoms with Crippen molar-refractivity contribution in [2.45, 2.75) is 11.7 Å². The second kappa shape index (κ2) is 5.64. The van der Waals surface area contributed by atoms with Crippen molar-refractivity contribution in [3.8, 4) is 0 Å². The van der Waals surface area contributed by atoms with E-state index >= 15 is 0 Å². The Morgan fingerprint density at radius 1 is 1.20 bits per heavy atom. The number of ether oxygens (including phenoxy) is 3. The third-order valence-electron chi connectivity index (χ3n) is 5.77. The zero-order valence-corrected chi connectivity index (χ0v) is 14.2. The van der Waals surface area contributed by atoms with Gasteiger partial charge in [-0.15, -0.1) is 0 Å². The summed E-state index contributed by atoms with van der Waals surface area (Å²) in [4.78, 5) is 26.3. The van der Waals surface area contributed by atoms with Gasteiger partial charge in [0.1, 0.15) is 5.41 Å². The lowest BCUT2D eigenvalue weighted by molar-refractivity contribution is -0.213. The van der Waals surface area contributed by atoms with E-state index in [-0.39, 0.29) is 11.7 Å². The van der Waals surface area contributed by atoms with Crippen LogP contribution in [-0.4, -0.2) is 38.4 Å². The van der Waals surface area contributed by atoms with Gasteiger partial charge in [0.05, 0.1) is 13.7 Å². The van der Waals surface area contributed by atoms with Crippen molar-refractivity contribution in [1.82, 2.24) is 0 Å². The van der Waals surface area contributed by atoms with Crippen LogP contribution in [0.25, 0.3) is 0 Å². The Bertz CT molecular complexity index is 768. The van der Waals surface area contributed by atoms with E-state index in [0.717, 1.165) is 5.56 Å². The number of hydrogen-bond acceptors (Lipinski definition) is 5. The number of benzene rings is 1. The number of allylic oxidation sites excluding steroid dienone is 2. The molecule has 1 aromatic rings. The first-order valence-corrected chi connectivity index (χ1v) is 8.34. The van der Waals surface area contributed by atoms with Crippen molar-refractivity contribution >= 4 is 11.8 Å². The highest BCUT2D eigenvalue weighted by molar-refractivity contribution is 6.12. The third-order valence-corrected chi connectivity index (χ3v) is 5.77. The fourth-order valence-electron chi connectivity index (χ4n) is 4.73. The number of methoxy groups -OCH3 is 2. The fourth-order valence-corrected chi connectivity index (χ4v) is 4.73. The summed E-state index contributed by atoms with van der Waals surface area (Å²) < 4.78 is 16.8. The summed E-state index contributed by atoms with van der Waals surface area (Å²) in [6.07, 6.45) is 7.03. The molecule has 4 rings (SSSR count). The Kier molecular flexibility index (Phi) is 3.67. The molecule has 5 nitrogen and oxygen atoms in total. The molecule has 0 N–H and O–H groups in total. The van der Waals surface area contributed by atoms with E-state index < -0.39 is 29.0 Å². The molecule has 2 aliphatic carbocycles. The molecule has 1 aliphatic heterocycles. The first-order valence-electron chi connectivity index (χ1n) is 8.34. The molecule has 5 heteroatoms. The smallest absolute Gasteiger partial charge is 0.321 e. The molecule has 1 saturated heterocycles. The lowest BCUT2D eigenvalue weighted by atomic mass is 9.52. The summed E-state index contributed by atoms with van der Waals surface area (Å²) in [6.45, 7) is 0.396. The Balaban J connectivity index is 1.99. The van der Waals surface area contributed by atoms with Gasteiger partial charge in [0.15, 0.2) is 11.6 Å². The van der Waals surface area contributed by atoms with Crippen molar-refractivity contribution in [2.75, 3.05) is 20.8 Å². The molecule has 0 radical (unpaired) electrons. The molecule has 3 aliphatic rings. The van der Waals surface area contributed by atoms with E-state index in [1.165, 1.54) is 13.2 Å². The topological polar surface area (TPSA) is 61.8 Å². The van der Waals surface area contributed by atoms with E-state index in [4.69, 9.17) is 14.2 Å². The van der Waals surface area contributed by atoms with Crippen LogP contribution < -0.4 is 0 Å². The maximum Gasteiger partial charge on any atom is 0.321 e. The molecule has 5 atom stereocenters. The van der Waals surface area contributed by atoms with Gasteiger partial charge in [-0.2, -0.15) is 0 Å². The molecule has 0 amide bonds. The summed E-state index contributed by atoms with van der Waals surface area (Å²) in [7, 11) is 2.86. The number of hydrogen-bond donors (Lipinski definition) is 0. The van der Waals surface area contributed by atoms with Gasteiger partial charge in [0, 0.05) is 24.9 Å². The quantitative estimate of drug-likeness (QED) is 0.480. The number of ketones is 1. The molecule has 0 saturated carbocycles. The largest absolute Gasteiger partial charge is 0.468 e. The average molecular weight is 340 g/mol. The summed E-state index contributed by atoms with van der Waals surface area (Å²) in [5.41, 5.74) is -0.500. The predicted molar refractivity (Wildman–Crippen MR) is 89.6 cm³/mol. The summed E-state index contributed by atoms with van der Waals surface area (Å²) in [5, 5.41) is 0. The minimum absolute atomic E-state index is 0.0899. The van der Waals surface area contributed by atoms with E-state index in [0.29, 0.717) is 6.61 Å². The second-order valence-corrected chi connectivity index (χ2v) is 6.71. The highest BCUT2D eigenvalue weighted by atomic mass is 16.7. The molecule has 130 valence electrons. The minimum Gasteiger partial charge on any atom is -0.468 e. The average Bonchev–Trinajstić information content (AvgIpc) is 3.05. The van der Waals surface area contributed by atoms with Gasteiger partial charge in [-0.25, -0.2) is 0 Å². The number of carbonyl (C=O) groups excluding carboxylic acids is 2. The van der Waals surface area contributed by atoms with Crippen LogP contribution in [0.2, 0.25) is 0 Å². The first kappa shape index (κ1) is 16.2. The number of carbonyl (C=O) groups is 2. The lowest BCUT2D eigenvalue weighted by Gasteiger charge is -2.50. The van der Waals surface area contributed by atoms with Gasteiger partial charge in [-0.05, 0) is 17.7 Å². The summed E-state index contributed by atoms with van der Waals surface area (Å²) >= 11 is 0. The lowest BCUT2D eigenvalue weighted by Crippen LogP contribution is -2.61. The Hall–Kier alpha value is -2.24. The zero-order valence-electron chi connectivity index (χ0n) is 14.2. The molecule has 1 fully saturated rings. The van der Waals surface area contributed by atoms with Gasteiger partial charge in [-0.1, -0.05) is 42.5 Å². The van der Waals surface area contributed by atoms with Crippen molar-refractivity contribution in [2.24, 2.45) is 17.3 Å². The Morgan fingerprint density at radius 2 is 1.96 bits per heavy atom. The van der Waals surface area contributed by atoms with E-state index in [2.05, 4.69) is 0 Å². The molecule has 0 unspecified atom stereocenters. The van der Waals surface area contributed by atoms with Crippen LogP contribution in [0.5, 0.6) is 0 Å². The molecule has 0 bridgehead atoms. The van der Waals surface area contributed by atoms with E-state index in [9.17, 15) is 9.59 Å². The van der Waals surface area contributed by atoms with Gasteiger partial charge < -0.3 is 14.2 Å². The zero-order chi connectivity index (χ0) is 17.7.